The van der Waals surface area contributed by atoms with Gasteiger partial charge in [-0.3, -0.25) is 10.00 Å². The minimum absolute atomic E-state index is 0.0506. The Morgan fingerprint density at radius 3 is 2.92 bits per heavy atom. The van der Waals surface area contributed by atoms with E-state index in [0.717, 1.165) is 31.0 Å². The van der Waals surface area contributed by atoms with Crippen LogP contribution >= 0.6 is 11.8 Å². The Balaban J connectivity index is 1.72. The molecule has 24 heavy (non-hydrogen) atoms. The number of aryl methyl sites for hydroxylation is 2. The molecular weight excluding hydrogens is 324 g/mol. The first-order chi connectivity index (χ1) is 11.6. The third kappa shape index (κ3) is 3.58. The molecule has 1 aliphatic rings. The van der Waals surface area contributed by atoms with Crippen LogP contribution in [0, 0.1) is 0 Å². The quantitative estimate of drug-likeness (QED) is 0.926. The summed E-state index contributed by atoms with van der Waals surface area (Å²) < 4.78 is 3.59. The lowest BCUT2D eigenvalue weighted by molar-refractivity contribution is 0.214. The summed E-state index contributed by atoms with van der Waals surface area (Å²) in [7, 11) is 3.75. The van der Waals surface area contributed by atoms with E-state index in [-0.39, 0.29) is 6.03 Å². The Morgan fingerprint density at radius 2 is 2.21 bits per heavy atom. The first-order valence-electron chi connectivity index (χ1n) is 8.19. The number of urea groups is 1. The van der Waals surface area contributed by atoms with Gasteiger partial charge in [-0.1, -0.05) is 6.42 Å². The zero-order chi connectivity index (χ0) is 17.1. The van der Waals surface area contributed by atoms with E-state index < -0.39 is 0 Å². The standard InChI is InChI=1S/C16H24N6OS/c1-20-9-7-17-15(20)13-10-14(21(2)19-13)18-16(23)22-8-5-4-6-12(11-22)24-3/h7,9-10,12H,4-6,8,11H2,1-3H3,(H,18,23)/t12-/m1/s1. The number of likely N-dealkylation sites (tertiary alicyclic amines) is 1. The molecule has 0 aliphatic carbocycles. The van der Waals surface area contributed by atoms with Gasteiger partial charge in [0.05, 0.1) is 0 Å². The number of carbonyl (C=O) groups is 1. The molecule has 7 nitrogen and oxygen atoms in total. The summed E-state index contributed by atoms with van der Waals surface area (Å²) in [5.74, 6) is 1.46. The molecule has 0 aromatic carbocycles. The molecule has 130 valence electrons. The summed E-state index contributed by atoms with van der Waals surface area (Å²) >= 11 is 1.84. The van der Waals surface area contributed by atoms with E-state index in [9.17, 15) is 4.79 Å². The van der Waals surface area contributed by atoms with Gasteiger partial charge >= 0.3 is 6.03 Å². The number of carbonyl (C=O) groups excluding carboxylic acids is 1. The number of thioether (sulfide) groups is 1. The topological polar surface area (TPSA) is 68.0 Å². The van der Waals surface area contributed by atoms with E-state index >= 15 is 0 Å². The lowest BCUT2D eigenvalue weighted by Gasteiger charge is -2.23. The molecule has 8 heteroatoms. The zero-order valence-electron chi connectivity index (χ0n) is 14.4. The van der Waals surface area contributed by atoms with Crippen molar-refractivity contribution in [2.75, 3.05) is 24.7 Å². The molecule has 1 fully saturated rings. The molecule has 2 aromatic heterocycles. The van der Waals surface area contributed by atoms with E-state index in [0.29, 0.717) is 11.1 Å². The van der Waals surface area contributed by atoms with Gasteiger partial charge in [-0.25, -0.2) is 9.78 Å². The summed E-state index contributed by atoms with van der Waals surface area (Å²) in [6, 6.07) is 1.81. The van der Waals surface area contributed by atoms with Gasteiger partial charge in [0.2, 0.25) is 0 Å². The van der Waals surface area contributed by atoms with Crippen molar-refractivity contribution < 1.29 is 4.79 Å². The number of anilines is 1. The van der Waals surface area contributed by atoms with E-state index in [1.807, 2.05) is 47.6 Å². The van der Waals surface area contributed by atoms with Crippen LogP contribution in [0.2, 0.25) is 0 Å². The maximum atomic E-state index is 12.6. The molecule has 0 bridgehead atoms. The Morgan fingerprint density at radius 1 is 1.38 bits per heavy atom. The highest BCUT2D eigenvalue weighted by molar-refractivity contribution is 7.99. The summed E-state index contributed by atoms with van der Waals surface area (Å²) in [6.45, 7) is 1.62. The van der Waals surface area contributed by atoms with Gasteiger partial charge < -0.3 is 9.47 Å². The maximum absolute atomic E-state index is 12.6. The van der Waals surface area contributed by atoms with Crippen molar-refractivity contribution in [1.82, 2.24) is 24.2 Å². The minimum atomic E-state index is -0.0506. The van der Waals surface area contributed by atoms with Gasteiger partial charge in [0, 0.05) is 50.9 Å². The summed E-state index contributed by atoms with van der Waals surface area (Å²) in [5.41, 5.74) is 0.748. The number of hydrogen-bond acceptors (Lipinski definition) is 4. The van der Waals surface area contributed by atoms with E-state index in [1.165, 1.54) is 12.8 Å². The van der Waals surface area contributed by atoms with Crippen LogP contribution < -0.4 is 5.32 Å². The van der Waals surface area contributed by atoms with Crippen LogP contribution in [0.5, 0.6) is 0 Å². The predicted octanol–water partition coefficient (Wildman–Crippen LogP) is 2.57. The van der Waals surface area contributed by atoms with Crippen molar-refractivity contribution >= 4 is 23.6 Å². The van der Waals surface area contributed by atoms with E-state index in [1.54, 1.807) is 10.9 Å². The molecule has 0 saturated carbocycles. The number of imidazole rings is 1. The van der Waals surface area contributed by atoms with Crippen molar-refractivity contribution in [2.24, 2.45) is 14.1 Å². The van der Waals surface area contributed by atoms with Crippen LogP contribution in [0.4, 0.5) is 10.6 Å². The average Bonchev–Trinajstić information content (AvgIpc) is 3.04. The molecule has 1 aliphatic heterocycles. The normalized spacial score (nSPS) is 18.5. The van der Waals surface area contributed by atoms with E-state index in [2.05, 4.69) is 21.7 Å². The fourth-order valence-electron chi connectivity index (χ4n) is 2.97. The molecule has 2 aromatic rings. The average molecular weight is 348 g/mol. The van der Waals surface area contributed by atoms with Crippen molar-refractivity contribution in [3.8, 4) is 11.5 Å². The predicted molar refractivity (Wildman–Crippen MR) is 97.2 cm³/mol. The first kappa shape index (κ1) is 16.9. The molecule has 1 N–H and O–H groups in total. The zero-order valence-corrected chi connectivity index (χ0v) is 15.2. The third-order valence-corrected chi connectivity index (χ3v) is 5.47. The highest BCUT2D eigenvalue weighted by atomic mass is 32.2. The molecular formula is C16H24N6OS. The Bertz CT molecular complexity index is 709. The number of nitrogens with zero attached hydrogens (tertiary/aromatic N) is 5. The Kier molecular flexibility index (Phi) is 5.13. The smallest absolute Gasteiger partial charge is 0.323 e. The van der Waals surface area contributed by atoms with Crippen LogP contribution in [0.25, 0.3) is 11.5 Å². The van der Waals surface area contributed by atoms with Crippen LogP contribution in [-0.2, 0) is 14.1 Å². The number of rotatable bonds is 3. The van der Waals surface area contributed by atoms with Crippen LogP contribution in [0.15, 0.2) is 18.5 Å². The van der Waals surface area contributed by atoms with Crippen LogP contribution in [0.3, 0.4) is 0 Å². The highest BCUT2D eigenvalue weighted by Gasteiger charge is 2.22. The molecule has 1 atom stereocenters. The molecule has 0 radical (unpaired) electrons. The summed E-state index contributed by atoms with van der Waals surface area (Å²) in [5, 5.41) is 7.97. The highest BCUT2D eigenvalue weighted by Crippen LogP contribution is 2.22. The maximum Gasteiger partial charge on any atom is 0.323 e. The SMILES string of the molecule is CS[C@@H]1CCCCN(C(=O)Nc2cc(-c3nccn3C)nn2C)C1. The fraction of sp³-hybridized carbons (Fsp3) is 0.562. The fourth-order valence-corrected chi connectivity index (χ4v) is 3.71. The molecule has 1 saturated heterocycles. The van der Waals surface area contributed by atoms with Gasteiger partial charge in [-0.15, -0.1) is 0 Å². The number of nitrogens with one attached hydrogen (secondary N) is 1. The largest absolute Gasteiger partial charge is 0.333 e. The van der Waals surface area contributed by atoms with Crippen molar-refractivity contribution in [3.63, 3.8) is 0 Å². The van der Waals surface area contributed by atoms with Crippen LogP contribution in [-0.4, -0.2) is 54.9 Å². The molecule has 2 amide bonds. The van der Waals surface area contributed by atoms with Gasteiger partial charge in [0.1, 0.15) is 11.5 Å². The second-order valence-electron chi connectivity index (χ2n) is 6.13. The van der Waals surface area contributed by atoms with E-state index in [4.69, 9.17) is 0 Å². The van der Waals surface area contributed by atoms with Crippen molar-refractivity contribution in [1.29, 1.82) is 0 Å². The monoisotopic (exact) mass is 348 g/mol. The number of amides is 2. The third-order valence-electron chi connectivity index (χ3n) is 4.41. The lowest BCUT2D eigenvalue weighted by atomic mass is 10.2. The van der Waals surface area contributed by atoms with Crippen molar-refractivity contribution in [3.05, 3.63) is 18.5 Å². The van der Waals surface area contributed by atoms with Crippen molar-refractivity contribution in [2.45, 2.75) is 24.5 Å². The lowest BCUT2D eigenvalue weighted by Crippen LogP contribution is -2.38. The van der Waals surface area contributed by atoms with Crippen LogP contribution in [0.1, 0.15) is 19.3 Å². The second-order valence-corrected chi connectivity index (χ2v) is 7.27. The Labute approximate surface area is 146 Å². The molecule has 3 rings (SSSR count). The molecule has 3 heterocycles. The van der Waals surface area contributed by atoms with Gasteiger partial charge in [0.15, 0.2) is 5.82 Å². The minimum Gasteiger partial charge on any atom is -0.333 e. The van der Waals surface area contributed by atoms with Gasteiger partial charge in [0.25, 0.3) is 0 Å². The first-order valence-corrected chi connectivity index (χ1v) is 9.47. The molecule has 0 unspecified atom stereocenters. The summed E-state index contributed by atoms with van der Waals surface area (Å²) in [6.07, 6.45) is 9.16. The van der Waals surface area contributed by atoms with Gasteiger partial charge in [-0.05, 0) is 19.1 Å². The molecule has 0 spiro atoms. The number of hydrogen-bond donors (Lipinski definition) is 1. The number of aromatic nitrogens is 4. The second kappa shape index (κ2) is 7.29. The summed E-state index contributed by atoms with van der Waals surface area (Å²) in [4.78, 5) is 18.9. The van der Waals surface area contributed by atoms with Gasteiger partial charge in [-0.2, -0.15) is 16.9 Å². The Hall–Kier alpha value is -1.96.